The molecule has 8 nitrogen and oxygen atoms in total. The quantitative estimate of drug-likeness (QED) is 0.659. The molecule has 2 heterocycles. The zero-order valence-electron chi connectivity index (χ0n) is 16.6. The summed E-state index contributed by atoms with van der Waals surface area (Å²) >= 11 is 1.38. The number of hydrogen-bond donors (Lipinski definition) is 1. The lowest BCUT2D eigenvalue weighted by atomic mass is 10.2. The van der Waals surface area contributed by atoms with Crippen LogP contribution in [0.4, 0.5) is 0 Å². The molecule has 0 radical (unpaired) electrons. The van der Waals surface area contributed by atoms with Crippen molar-refractivity contribution in [3.05, 3.63) is 24.3 Å². The summed E-state index contributed by atoms with van der Waals surface area (Å²) in [5.74, 6) is 0.277. The molecule has 0 saturated carbocycles. The summed E-state index contributed by atoms with van der Waals surface area (Å²) in [5.41, 5.74) is 0. The van der Waals surface area contributed by atoms with E-state index in [0.717, 1.165) is 19.3 Å². The van der Waals surface area contributed by atoms with Gasteiger partial charge in [0.15, 0.2) is 0 Å². The van der Waals surface area contributed by atoms with E-state index in [1.165, 1.54) is 44.6 Å². The molecule has 2 atom stereocenters. The van der Waals surface area contributed by atoms with Gasteiger partial charge in [0, 0.05) is 24.9 Å². The van der Waals surface area contributed by atoms with E-state index >= 15 is 0 Å². The molecule has 2 saturated heterocycles. The highest BCUT2D eigenvalue weighted by molar-refractivity contribution is 8.00. The highest BCUT2D eigenvalue weighted by atomic mass is 32.2. The molecule has 0 spiro atoms. The van der Waals surface area contributed by atoms with Gasteiger partial charge in [-0.2, -0.15) is 8.61 Å². The molecule has 0 aromatic heterocycles. The Morgan fingerprint density at radius 1 is 1.10 bits per heavy atom. The van der Waals surface area contributed by atoms with Gasteiger partial charge < -0.3 is 5.32 Å². The van der Waals surface area contributed by atoms with Gasteiger partial charge in [0.2, 0.25) is 26.0 Å². The van der Waals surface area contributed by atoms with Crippen LogP contribution in [-0.4, -0.2) is 68.2 Å². The maximum Gasteiger partial charge on any atom is 0.244 e. The zero-order valence-corrected chi connectivity index (χ0v) is 19.0. The first-order valence-electron chi connectivity index (χ1n) is 9.68. The van der Waals surface area contributed by atoms with Crippen LogP contribution in [0.3, 0.4) is 0 Å². The summed E-state index contributed by atoms with van der Waals surface area (Å²) < 4.78 is 54.1. The summed E-state index contributed by atoms with van der Waals surface area (Å²) in [6.07, 6.45) is 2.42. The van der Waals surface area contributed by atoms with Crippen LogP contribution in [0, 0.1) is 0 Å². The summed E-state index contributed by atoms with van der Waals surface area (Å²) in [6, 6.07) is 4.48. The maximum atomic E-state index is 13.1. The van der Waals surface area contributed by atoms with Crippen LogP contribution < -0.4 is 5.32 Å². The van der Waals surface area contributed by atoms with E-state index in [1.54, 1.807) is 0 Å². The molecule has 1 aromatic carbocycles. The van der Waals surface area contributed by atoms with Gasteiger partial charge in [-0.3, -0.25) is 4.79 Å². The highest BCUT2D eigenvalue weighted by Gasteiger charge is 2.40. The molecule has 3 rings (SSSR count). The normalized spacial score (nSPS) is 22.6. The average molecular weight is 462 g/mol. The Labute approximate surface area is 177 Å². The maximum absolute atomic E-state index is 13.1. The highest BCUT2D eigenvalue weighted by Crippen LogP contribution is 2.29. The molecule has 2 unspecified atom stereocenters. The van der Waals surface area contributed by atoms with Gasteiger partial charge in [-0.25, -0.2) is 16.8 Å². The molecule has 162 valence electrons. The second kappa shape index (κ2) is 8.93. The average Bonchev–Trinajstić information content (AvgIpc) is 3.40. The first-order valence-corrected chi connectivity index (χ1v) is 13.7. The molecular formula is C18H27N3O5S3. The standard InChI is InChI=1S/C18H27N3O5S3/c1-3-14(2)19-18(22)17-12-27-13-21(17)29(25,26)16-8-6-15(7-9-16)28(23,24)20-10-4-5-11-20/h6-9,14,17H,3-5,10-13H2,1-2H3,(H,19,22). The van der Waals surface area contributed by atoms with E-state index < -0.39 is 26.1 Å². The summed E-state index contributed by atoms with van der Waals surface area (Å²) in [6.45, 7) is 4.79. The first kappa shape index (κ1) is 22.5. The van der Waals surface area contributed by atoms with Crippen LogP contribution in [0.25, 0.3) is 0 Å². The molecular weight excluding hydrogens is 434 g/mol. The zero-order chi connectivity index (χ0) is 21.2. The first-order chi connectivity index (χ1) is 13.7. The van der Waals surface area contributed by atoms with Crippen LogP contribution in [-0.2, 0) is 24.8 Å². The molecule has 2 aliphatic heterocycles. The monoisotopic (exact) mass is 461 g/mol. The second-order valence-electron chi connectivity index (χ2n) is 7.31. The predicted octanol–water partition coefficient (Wildman–Crippen LogP) is 1.45. The van der Waals surface area contributed by atoms with Crippen molar-refractivity contribution < 1.29 is 21.6 Å². The fourth-order valence-electron chi connectivity index (χ4n) is 3.31. The minimum Gasteiger partial charge on any atom is -0.352 e. The minimum atomic E-state index is -3.91. The Kier molecular flexibility index (Phi) is 6.94. The number of benzene rings is 1. The molecule has 29 heavy (non-hydrogen) atoms. The fraction of sp³-hybridized carbons (Fsp3) is 0.611. The summed E-state index contributed by atoms with van der Waals surface area (Å²) in [7, 11) is -7.52. The number of amides is 1. The van der Waals surface area contributed by atoms with Crippen molar-refractivity contribution in [2.75, 3.05) is 24.7 Å². The predicted molar refractivity (Wildman–Crippen MR) is 112 cm³/mol. The third kappa shape index (κ3) is 4.63. The molecule has 0 bridgehead atoms. The van der Waals surface area contributed by atoms with Crippen molar-refractivity contribution in [2.45, 2.75) is 55.0 Å². The topological polar surface area (TPSA) is 104 Å². The smallest absolute Gasteiger partial charge is 0.244 e. The van der Waals surface area contributed by atoms with E-state index in [1.807, 2.05) is 13.8 Å². The van der Waals surface area contributed by atoms with Gasteiger partial charge in [-0.1, -0.05) is 6.92 Å². The van der Waals surface area contributed by atoms with E-state index in [0.29, 0.717) is 18.8 Å². The van der Waals surface area contributed by atoms with Gasteiger partial charge >= 0.3 is 0 Å². The van der Waals surface area contributed by atoms with Crippen LogP contribution in [0.15, 0.2) is 34.1 Å². The molecule has 0 aliphatic carbocycles. The van der Waals surface area contributed by atoms with E-state index in [2.05, 4.69) is 5.32 Å². The summed E-state index contributed by atoms with van der Waals surface area (Å²) in [4.78, 5) is 12.6. The third-order valence-electron chi connectivity index (χ3n) is 5.28. The Morgan fingerprint density at radius 3 is 2.21 bits per heavy atom. The van der Waals surface area contributed by atoms with Crippen molar-refractivity contribution >= 4 is 37.7 Å². The van der Waals surface area contributed by atoms with Crippen LogP contribution in [0.5, 0.6) is 0 Å². The van der Waals surface area contributed by atoms with Crippen molar-refractivity contribution in [1.82, 2.24) is 13.9 Å². The number of nitrogens with zero attached hydrogens (tertiary/aromatic N) is 2. The molecule has 1 N–H and O–H groups in total. The van der Waals surface area contributed by atoms with Crippen LogP contribution in [0.1, 0.15) is 33.1 Å². The number of hydrogen-bond acceptors (Lipinski definition) is 6. The van der Waals surface area contributed by atoms with Gasteiger partial charge in [-0.15, -0.1) is 11.8 Å². The molecule has 2 aliphatic rings. The third-order valence-corrected chi connectivity index (χ3v) is 10.2. The Bertz CT molecular complexity index is 941. The Morgan fingerprint density at radius 2 is 1.66 bits per heavy atom. The second-order valence-corrected chi connectivity index (χ2v) is 12.1. The lowest BCUT2D eigenvalue weighted by molar-refractivity contribution is -0.124. The molecule has 1 aromatic rings. The number of carbonyl (C=O) groups is 1. The number of sulfonamides is 2. The number of thioether (sulfide) groups is 1. The van der Waals surface area contributed by atoms with E-state index in [-0.39, 0.29) is 27.6 Å². The lowest BCUT2D eigenvalue weighted by Crippen LogP contribution is -2.49. The molecule has 2 fully saturated rings. The summed E-state index contributed by atoms with van der Waals surface area (Å²) in [5, 5.41) is 2.84. The van der Waals surface area contributed by atoms with Gasteiger partial charge in [0.25, 0.3) is 0 Å². The van der Waals surface area contributed by atoms with E-state index in [9.17, 15) is 21.6 Å². The van der Waals surface area contributed by atoms with Crippen molar-refractivity contribution in [2.24, 2.45) is 0 Å². The SMILES string of the molecule is CCC(C)NC(=O)C1CSCN1S(=O)(=O)c1ccc(S(=O)(=O)N2CCCC2)cc1. The number of carbonyl (C=O) groups excluding carboxylic acids is 1. The van der Waals surface area contributed by atoms with Gasteiger partial charge in [-0.05, 0) is 50.5 Å². The minimum absolute atomic E-state index is 0.0123. The number of nitrogens with one attached hydrogen (secondary N) is 1. The lowest BCUT2D eigenvalue weighted by Gasteiger charge is -2.24. The Hall–Kier alpha value is -1.14. The van der Waals surface area contributed by atoms with Crippen LogP contribution in [0.2, 0.25) is 0 Å². The Balaban J connectivity index is 1.81. The van der Waals surface area contributed by atoms with Gasteiger partial charge in [0.05, 0.1) is 15.7 Å². The van der Waals surface area contributed by atoms with Gasteiger partial charge in [0.1, 0.15) is 6.04 Å². The number of rotatable bonds is 7. The fourth-order valence-corrected chi connectivity index (χ4v) is 7.97. The molecule has 11 heteroatoms. The van der Waals surface area contributed by atoms with Crippen molar-refractivity contribution in [1.29, 1.82) is 0 Å². The van der Waals surface area contributed by atoms with Crippen molar-refractivity contribution in [3.63, 3.8) is 0 Å². The van der Waals surface area contributed by atoms with E-state index in [4.69, 9.17) is 0 Å². The van der Waals surface area contributed by atoms with Crippen molar-refractivity contribution in [3.8, 4) is 0 Å². The van der Waals surface area contributed by atoms with Crippen LogP contribution >= 0.6 is 11.8 Å². The molecule has 1 amide bonds. The largest absolute Gasteiger partial charge is 0.352 e.